The smallest absolute Gasteiger partial charge is 0.340 e. The number of nitrogens with zero attached hydrogens (tertiary/aromatic N) is 2. The summed E-state index contributed by atoms with van der Waals surface area (Å²) in [6.07, 6.45) is 1.64. The normalized spacial score (nSPS) is 10.6. The Balaban J connectivity index is 2.25. The van der Waals surface area contributed by atoms with Gasteiger partial charge in [-0.2, -0.15) is 0 Å². The Bertz CT molecular complexity index is 811. The van der Waals surface area contributed by atoms with Crippen molar-refractivity contribution in [3.8, 4) is 11.3 Å². The van der Waals surface area contributed by atoms with E-state index in [2.05, 4.69) is 9.97 Å². The zero-order chi connectivity index (χ0) is 14.8. The highest BCUT2D eigenvalue weighted by atomic mass is 16.5. The topological polar surface area (TPSA) is 52.1 Å². The quantitative estimate of drug-likeness (QED) is 0.674. The van der Waals surface area contributed by atoms with E-state index in [1.54, 1.807) is 18.3 Å². The van der Waals surface area contributed by atoms with Gasteiger partial charge in [-0.1, -0.05) is 29.8 Å². The predicted molar refractivity (Wildman–Crippen MR) is 81.1 cm³/mol. The third-order valence-electron chi connectivity index (χ3n) is 3.32. The lowest BCUT2D eigenvalue weighted by Crippen LogP contribution is -2.04. The number of ether oxygens (including phenoxy) is 1. The van der Waals surface area contributed by atoms with Crippen LogP contribution in [0.4, 0.5) is 0 Å². The van der Waals surface area contributed by atoms with Crippen LogP contribution in [0.2, 0.25) is 0 Å². The summed E-state index contributed by atoms with van der Waals surface area (Å²) in [7, 11) is 1.36. The molecule has 0 aliphatic rings. The van der Waals surface area contributed by atoms with E-state index in [0.29, 0.717) is 16.6 Å². The molecule has 0 spiro atoms. The SMILES string of the molecule is COC(=O)c1cc(-c2ccc(C)cc2)nc2cccnc12. The molecule has 2 heterocycles. The van der Waals surface area contributed by atoms with Gasteiger partial charge in [0.25, 0.3) is 0 Å². The van der Waals surface area contributed by atoms with Crippen molar-refractivity contribution in [2.45, 2.75) is 6.92 Å². The predicted octanol–water partition coefficient (Wildman–Crippen LogP) is 3.39. The van der Waals surface area contributed by atoms with Crippen LogP contribution >= 0.6 is 0 Å². The number of benzene rings is 1. The summed E-state index contributed by atoms with van der Waals surface area (Å²) in [6, 6.07) is 13.4. The standard InChI is InChI=1S/C17H14N2O2/c1-11-5-7-12(8-6-11)15-10-13(17(20)21-2)16-14(19-15)4-3-9-18-16/h3-10H,1-2H3. The van der Waals surface area contributed by atoms with Gasteiger partial charge < -0.3 is 4.74 Å². The molecule has 0 bridgehead atoms. The molecule has 0 radical (unpaired) electrons. The van der Waals surface area contributed by atoms with E-state index in [0.717, 1.165) is 11.3 Å². The van der Waals surface area contributed by atoms with E-state index in [1.165, 1.54) is 12.7 Å². The van der Waals surface area contributed by atoms with Gasteiger partial charge in [0.1, 0.15) is 5.52 Å². The van der Waals surface area contributed by atoms with E-state index < -0.39 is 5.97 Å². The van der Waals surface area contributed by atoms with Crippen LogP contribution in [0.25, 0.3) is 22.3 Å². The maximum absolute atomic E-state index is 12.0. The van der Waals surface area contributed by atoms with Crippen molar-refractivity contribution >= 4 is 17.0 Å². The Hall–Kier alpha value is -2.75. The average Bonchev–Trinajstić information content (AvgIpc) is 2.53. The van der Waals surface area contributed by atoms with E-state index in [4.69, 9.17) is 4.74 Å². The van der Waals surface area contributed by atoms with Crippen LogP contribution in [0.1, 0.15) is 15.9 Å². The van der Waals surface area contributed by atoms with Gasteiger partial charge in [-0.15, -0.1) is 0 Å². The van der Waals surface area contributed by atoms with Gasteiger partial charge in [-0.05, 0) is 25.1 Å². The minimum absolute atomic E-state index is 0.408. The largest absolute Gasteiger partial charge is 0.465 e. The second-order valence-corrected chi connectivity index (χ2v) is 4.78. The third-order valence-corrected chi connectivity index (χ3v) is 3.32. The molecule has 0 N–H and O–H groups in total. The summed E-state index contributed by atoms with van der Waals surface area (Å²) in [5.41, 5.74) is 4.52. The molecule has 0 aliphatic carbocycles. The second kappa shape index (κ2) is 5.32. The number of hydrogen-bond donors (Lipinski definition) is 0. The molecule has 104 valence electrons. The fourth-order valence-electron chi connectivity index (χ4n) is 2.20. The van der Waals surface area contributed by atoms with Crippen molar-refractivity contribution in [1.29, 1.82) is 0 Å². The Morgan fingerprint density at radius 2 is 1.90 bits per heavy atom. The minimum Gasteiger partial charge on any atom is -0.465 e. The molecular weight excluding hydrogens is 264 g/mol. The van der Waals surface area contributed by atoms with Gasteiger partial charge in [0.15, 0.2) is 0 Å². The summed E-state index contributed by atoms with van der Waals surface area (Å²) in [6.45, 7) is 2.03. The van der Waals surface area contributed by atoms with Crippen molar-refractivity contribution in [1.82, 2.24) is 9.97 Å². The number of carbonyl (C=O) groups is 1. The molecule has 4 nitrogen and oxygen atoms in total. The van der Waals surface area contributed by atoms with Gasteiger partial charge >= 0.3 is 5.97 Å². The van der Waals surface area contributed by atoms with Gasteiger partial charge in [-0.25, -0.2) is 9.78 Å². The third kappa shape index (κ3) is 2.48. The van der Waals surface area contributed by atoms with Gasteiger partial charge in [0.2, 0.25) is 0 Å². The molecule has 0 unspecified atom stereocenters. The average molecular weight is 278 g/mol. The number of rotatable bonds is 2. The summed E-state index contributed by atoms with van der Waals surface area (Å²) in [5.74, 6) is -0.408. The second-order valence-electron chi connectivity index (χ2n) is 4.78. The van der Waals surface area contributed by atoms with Gasteiger partial charge in [0.05, 0.1) is 23.9 Å². The number of aromatic nitrogens is 2. The zero-order valence-electron chi connectivity index (χ0n) is 11.8. The number of carbonyl (C=O) groups excluding carboxylic acids is 1. The maximum Gasteiger partial charge on any atom is 0.340 e. The molecule has 0 aliphatic heterocycles. The fourth-order valence-corrected chi connectivity index (χ4v) is 2.20. The highest BCUT2D eigenvalue weighted by Crippen LogP contribution is 2.24. The minimum atomic E-state index is -0.408. The highest BCUT2D eigenvalue weighted by molar-refractivity contribution is 6.02. The van der Waals surface area contributed by atoms with Crippen LogP contribution in [0.5, 0.6) is 0 Å². The first-order chi connectivity index (χ1) is 10.2. The highest BCUT2D eigenvalue weighted by Gasteiger charge is 2.15. The lowest BCUT2D eigenvalue weighted by Gasteiger charge is -2.08. The Kier molecular flexibility index (Phi) is 3.36. The molecule has 1 aromatic carbocycles. The molecular formula is C17H14N2O2. The summed E-state index contributed by atoms with van der Waals surface area (Å²) < 4.78 is 4.85. The Labute approximate surface area is 122 Å². The molecule has 0 saturated heterocycles. The Morgan fingerprint density at radius 3 is 2.62 bits per heavy atom. The molecule has 0 amide bonds. The van der Waals surface area contributed by atoms with E-state index >= 15 is 0 Å². The van der Waals surface area contributed by atoms with Gasteiger partial charge in [-0.3, -0.25) is 4.98 Å². The fraction of sp³-hybridized carbons (Fsp3) is 0.118. The van der Waals surface area contributed by atoms with Crippen molar-refractivity contribution in [2.75, 3.05) is 7.11 Å². The first-order valence-electron chi connectivity index (χ1n) is 6.60. The number of esters is 1. The number of hydrogen-bond acceptors (Lipinski definition) is 4. The summed E-state index contributed by atoms with van der Waals surface area (Å²) in [4.78, 5) is 20.8. The van der Waals surface area contributed by atoms with Crippen LogP contribution in [0, 0.1) is 6.92 Å². The van der Waals surface area contributed by atoms with Crippen molar-refractivity contribution in [2.24, 2.45) is 0 Å². The molecule has 0 atom stereocenters. The van der Waals surface area contributed by atoms with Gasteiger partial charge in [0, 0.05) is 11.8 Å². The number of methoxy groups -OCH3 is 1. The van der Waals surface area contributed by atoms with Crippen molar-refractivity contribution in [3.05, 3.63) is 59.8 Å². The molecule has 4 heteroatoms. The molecule has 0 fully saturated rings. The van der Waals surface area contributed by atoms with Crippen LogP contribution < -0.4 is 0 Å². The molecule has 3 aromatic rings. The van der Waals surface area contributed by atoms with Crippen molar-refractivity contribution < 1.29 is 9.53 Å². The summed E-state index contributed by atoms with van der Waals surface area (Å²) >= 11 is 0. The van der Waals surface area contributed by atoms with Crippen LogP contribution in [0.3, 0.4) is 0 Å². The maximum atomic E-state index is 12.0. The lowest BCUT2D eigenvalue weighted by atomic mass is 10.1. The number of aryl methyl sites for hydroxylation is 1. The molecule has 0 saturated carbocycles. The van der Waals surface area contributed by atoms with Crippen molar-refractivity contribution in [3.63, 3.8) is 0 Å². The lowest BCUT2D eigenvalue weighted by molar-refractivity contribution is 0.0602. The van der Waals surface area contributed by atoms with Crippen LogP contribution in [-0.2, 0) is 4.74 Å². The first kappa shape index (κ1) is 13.2. The van der Waals surface area contributed by atoms with Crippen LogP contribution in [0.15, 0.2) is 48.7 Å². The van der Waals surface area contributed by atoms with E-state index in [1.807, 2.05) is 37.3 Å². The molecule has 2 aromatic heterocycles. The van der Waals surface area contributed by atoms with E-state index in [-0.39, 0.29) is 0 Å². The van der Waals surface area contributed by atoms with E-state index in [9.17, 15) is 4.79 Å². The number of fused-ring (bicyclic) bond motifs is 1. The Morgan fingerprint density at radius 1 is 1.14 bits per heavy atom. The molecule has 21 heavy (non-hydrogen) atoms. The monoisotopic (exact) mass is 278 g/mol. The first-order valence-corrected chi connectivity index (χ1v) is 6.60. The zero-order valence-corrected chi connectivity index (χ0v) is 11.8. The molecule has 3 rings (SSSR count). The summed E-state index contributed by atoms with van der Waals surface area (Å²) in [5, 5.41) is 0. The van der Waals surface area contributed by atoms with Crippen LogP contribution in [-0.4, -0.2) is 23.0 Å². The number of pyridine rings is 2.